The fraction of sp³-hybridized carbons (Fsp3) is 0.375. The standard InChI is InChI=1S/C16H20N4OS/c1-13-3-5-20-11-14(18-15(20)9-13)10-19(6-7-21-2)12-16-17-4-8-22-16/h3-5,8-9,11H,6-7,10,12H2,1-2H3. The van der Waals surface area contributed by atoms with Crippen molar-refractivity contribution in [3.63, 3.8) is 0 Å². The van der Waals surface area contributed by atoms with Crippen molar-refractivity contribution in [3.05, 3.63) is 52.4 Å². The van der Waals surface area contributed by atoms with Crippen LogP contribution in [0.25, 0.3) is 5.65 Å². The van der Waals surface area contributed by atoms with E-state index >= 15 is 0 Å². The van der Waals surface area contributed by atoms with Gasteiger partial charge in [0.2, 0.25) is 0 Å². The Morgan fingerprint density at radius 1 is 1.36 bits per heavy atom. The third-order valence-corrected chi connectivity index (χ3v) is 4.27. The molecule has 0 aromatic carbocycles. The smallest absolute Gasteiger partial charge is 0.137 e. The number of rotatable bonds is 7. The third kappa shape index (κ3) is 3.71. The van der Waals surface area contributed by atoms with Crippen LogP contribution in [0, 0.1) is 6.92 Å². The molecule has 3 heterocycles. The fourth-order valence-corrected chi connectivity index (χ4v) is 3.06. The van der Waals surface area contributed by atoms with Gasteiger partial charge in [-0.25, -0.2) is 9.97 Å². The summed E-state index contributed by atoms with van der Waals surface area (Å²) in [7, 11) is 1.73. The summed E-state index contributed by atoms with van der Waals surface area (Å²) < 4.78 is 7.29. The van der Waals surface area contributed by atoms with Crippen molar-refractivity contribution < 1.29 is 4.74 Å². The van der Waals surface area contributed by atoms with Crippen LogP contribution in [-0.4, -0.2) is 39.5 Å². The molecule has 22 heavy (non-hydrogen) atoms. The number of aromatic nitrogens is 3. The molecule has 0 unspecified atom stereocenters. The van der Waals surface area contributed by atoms with E-state index in [9.17, 15) is 0 Å². The number of pyridine rings is 1. The highest BCUT2D eigenvalue weighted by Gasteiger charge is 2.11. The van der Waals surface area contributed by atoms with E-state index < -0.39 is 0 Å². The molecule has 0 aliphatic carbocycles. The van der Waals surface area contributed by atoms with Gasteiger partial charge in [0.05, 0.1) is 18.8 Å². The van der Waals surface area contributed by atoms with Gasteiger partial charge < -0.3 is 9.14 Å². The molecule has 0 atom stereocenters. The Hall–Kier alpha value is -1.76. The maximum atomic E-state index is 5.22. The summed E-state index contributed by atoms with van der Waals surface area (Å²) in [5, 5.41) is 3.13. The van der Waals surface area contributed by atoms with Crippen molar-refractivity contribution >= 4 is 17.0 Å². The van der Waals surface area contributed by atoms with Crippen molar-refractivity contribution in [2.45, 2.75) is 20.0 Å². The first-order chi connectivity index (χ1) is 10.7. The Balaban J connectivity index is 1.75. The number of thiazole rings is 1. The molecule has 0 N–H and O–H groups in total. The summed E-state index contributed by atoms with van der Waals surface area (Å²) in [6.45, 7) is 5.28. The first-order valence-corrected chi connectivity index (χ1v) is 8.16. The van der Waals surface area contributed by atoms with Crippen LogP contribution in [0.2, 0.25) is 0 Å². The lowest BCUT2D eigenvalue weighted by Gasteiger charge is -2.19. The molecule has 3 aromatic rings. The molecule has 5 nitrogen and oxygen atoms in total. The van der Waals surface area contributed by atoms with Crippen LogP contribution < -0.4 is 0 Å². The SMILES string of the molecule is COCCN(Cc1cn2ccc(C)cc2n1)Cc1nccs1. The Morgan fingerprint density at radius 3 is 3.05 bits per heavy atom. The van der Waals surface area contributed by atoms with Crippen LogP contribution in [0.5, 0.6) is 0 Å². The van der Waals surface area contributed by atoms with Gasteiger partial charge in [-0.1, -0.05) is 0 Å². The molecule has 0 saturated heterocycles. The van der Waals surface area contributed by atoms with E-state index in [-0.39, 0.29) is 0 Å². The molecular weight excluding hydrogens is 296 g/mol. The normalized spacial score (nSPS) is 11.6. The maximum absolute atomic E-state index is 5.22. The molecule has 0 aliphatic heterocycles. The molecule has 6 heteroatoms. The van der Waals surface area contributed by atoms with Crippen LogP contribution in [0.3, 0.4) is 0 Å². The minimum absolute atomic E-state index is 0.706. The molecule has 0 fully saturated rings. The van der Waals surface area contributed by atoms with Gasteiger partial charge in [0, 0.05) is 44.2 Å². The fourth-order valence-electron chi connectivity index (χ4n) is 2.40. The van der Waals surface area contributed by atoms with E-state index in [0.29, 0.717) is 6.61 Å². The maximum Gasteiger partial charge on any atom is 0.137 e. The van der Waals surface area contributed by atoms with Crippen LogP contribution >= 0.6 is 11.3 Å². The van der Waals surface area contributed by atoms with Gasteiger partial charge in [-0.15, -0.1) is 11.3 Å². The molecular formula is C16H20N4OS. The van der Waals surface area contributed by atoms with Crippen molar-refractivity contribution in [3.8, 4) is 0 Å². The van der Waals surface area contributed by atoms with E-state index in [1.807, 2.05) is 11.6 Å². The summed E-state index contributed by atoms with van der Waals surface area (Å²) in [5.74, 6) is 0. The molecule has 116 valence electrons. The second kappa shape index (κ2) is 7.00. The van der Waals surface area contributed by atoms with Crippen molar-refractivity contribution in [2.24, 2.45) is 0 Å². The molecule has 0 saturated carbocycles. The average molecular weight is 316 g/mol. The van der Waals surface area contributed by atoms with Gasteiger partial charge in [-0.2, -0.15) is 0 Å². The predicted octanol–water partition coefficient (Wildman–Crippen LogP) is 2.75. The third-order valence-electron chi connectivity index (χ3n) is 3.51. The summed E-state index contributed by atoms with van der Waals surface area (Å²) >= 11 is 1.68. The Kier molecular flexibility index (Phi) is 4.82. The highest BCUT2D eigenvalue weighted by Crippen LogP contribution is 2.13. The molecule has 3 aromatic heterocycles. The Labute approximate surface area is 134 Å². The number of ether oxygens (including phenoxy) is 1. The van der Waals surface area contributed by atoms with Crippen LogP contribution in [-0.2, 0) is 17.8 Å². The number of methoxy groups -OCH3 is 1. The molecule has 0 radical (unpaired) electrons. The van der Waals surface area contributed by atoms with Crippen LogP contribution in [0.15, 0.2) is 36.1 Å². The zero-order valence-electron chi connectivity index (χ0n) is 12.9. The Morgan fingerprint density at radius 2 is 2.27 bits per heavy atom. The zero-order chi connectivity index (χ0) is 15.4. The summed E-state index contributed by atoms with van der Waals surface area (Å²) in [5.41, 5.74) is 3.29. The zero-order valence-corrected chi connectivity index (χ0v) is 13.7. The van der Waals surface area contributed by atoms with Crippen LogP contribution in [0.1, 0.15) is 16.3 Å². The summed E-state index contributed by atoms with van der Waals surface area (Å²) in [4.78, 5) is 11.4. The molecule has 0 aliphatic rings. The lowest BCUT2D eigenvalue weighted by molar-refractivity contribution is 0.139. The lowest BCUT2D eigenvalue weighted by Crippen LogP contribution is -2.26. The van der Waals surface area contributed by atoms with E-state index in [1.54, 1.807) is 18.4 Å². The first kappa shape index (κ1) is 15.1. The van der Waals surface area contributed by atoms with E-state index in [1.165, 1.54) is 5.56 Å². The van der Waals surface area contributed by atoms with E-state index in [0.717, 1.165) is 36.0 Å². The quantitative estimate of drug-likeness (QED) is 0.672. The van der Waals surface area contributed by atoms with Gasteiger partial charge in [-0.05, 0) is 24.6 Å². The molecule has 0 bridgehead atoms. The largest absolute Gasteiger partial charge is 0.383 e. The van der Waals surface area contributed by atoms with Gasteiger partial charge >= 0.3 is 0 Å². The number of hydrogen-bond donors (Lipinski definition) is 0. The van der Waals surface area contributed by atoms with Gasteiger partial charge in [-0.3, -0.25) is 4.90 Å². The van der Waals surface area contributed by atoms with E-state index in [4.69, 9.17) is 9.72 Å². The number of nitrogens with zero attached hydrogens (tertiary/aromatic N) is 4. The minimum atomic E-state index is 0.706. The van der Waals surface area contributed by atoms with Crippen molar-refractivity contribution in [2.75, 3.05) is 20.3 Å². The van der Waals surface area contributed by atoms with Gasteiger partial charge in [0.25, 0.3) is 0 Å². The highest BCUT2D eigenvalue weighted by atomic mass is 32.1. The average Bonchev–Trinajstić information content (AvgIpc) is 3.13. The van der Waals surface area contributed by atoms with E-state index in [2.05, 4.69) is 45.7 Å². The van der Waals surface area contributed by atoms with Gasteiger partial charge in [0.15, 0.2) is 0 Å². The second-order valence-corrected chi connectivity index (χ2v) is 6.31. The monoisotopic (exact) mass is 316 g/mol. The topological polar surface area (TPSA) is 42.7 Å². The van der Waals surface area contributed by atoms with Crippen molar-refractivity contribution in [1.29, 1.82) is 0 Å². The number of aryl methyl sites for hydroxylation is 1. The summed E-state index contributed by atoms with van der Waals surface area (Å²) in [6.07, 6.45) is 6.00. The molecule has 3 rings (SSSR count). The molecule has 0 amide bonds. The highest BCUT2D eigenvalue weighted by molar-refractivity contribution is 7.09. The minimum Gasteiger partial charge on any atom is -0.383 e. The van der Waals surface area contributed by atoms with Crippen LogP contribution in [0.4, 0.5) is 0 Å². The molecule has 0 spiro atoms. The number of hydrogen-bond acceptors (Lipinski definition) is 5. The summed E-state index contributed by atoms with van der Waals surface area (Å²) in [6, 6.07) is 4.19. The number of fused-ring (bicyclic) bond motifs is 1. The number of imidazole rings is 1. The second-order valence-electron chi connectivity index (χ2n) is 5.33. The van der Waals surface area contributed by atoms with Crippen molar-refractivity contribution in [1.82, 2.24) is 19.3 Å². The predicted molar refractivity (Wildman–Crippen MR) is 88.0 cm³/mol. The first-order valence-electron chi connectivity index (χ1n) is 7.28. The lowest BCUT2D eigenvalue weighted by atomic mass is 10.3. The Bertz CT molecular complexity index is 723. The van der Waals surface area contributed by atoms with Gasteiger partial charge in [0.1, 0.15) is 10.7 Å².